The lowest BCUT2D eigenvalue weighted by molar-refractivity contribution is -0.151. The summed E-state index contributed by atoms with van der Waals surface area (Å²) in [5, 5.41) is 7.74. The first-order chi connectivity index (χ1) is 14.4. The van der Waals surface area contributed by atoms with Gasteiger partial charge >= 0.3 is 12.3 Å². The van der Waals surface area contributed by atoms with Crippen LogP contribution in [-0.2, 0) is 16.1 Å². The molecule has 0 radical (unpaired) electrons. The average Bonchev–Trinajstić information content (AvgIpc) is 3.00. The van der Waals surface area contributed by atoms with Gasteiger partial charge in [-0.25, -0.2) is 4.79 Å². The smallest absolute Gasteiger partial charge is 0.412 e. The lowest BCUT2D eigenvalue weighted by Gasteiger charge is -2.34. The van der Waals surface area contributed by atoms with Gasteiger partial charge in [-0.15, -0.1) is 0 Å². The van der Waals surface area contributed by atoms with Gasteiger partial charge in [0.2, 0.25) is 5.91 Å². The SMILES string of the molecule is CC(C)(C)OC(=O)Nc1ccc2nn(CC(=O)N3CCN(CC(F)(F)F)CC3)cc2c1. The molecule has 170 valence electrons. The van der Waals surface area contributed by atoms with E-state index in [9.17, 15) is 22.8 Å². The number of aromatic nitrogens is 2. The van der Waals surface area contributed by atoms with Gasteiger partial charge in [0.15, 0.2) is 0 Å². The zero-order chi connectivity index (χ0) is 22.8. The standard InChI is InChI=1S/C20H26F3N5O3/c1-19(2,3)31-18(30)24-15-4-5-16-14(10-15)11-28(25-16)12-17(29)27-8-6-26(7-9-27)13-20(21,22)23/h4-5,10-11H,6-9,12-13H2,1-3H3,(H,24,30). The highest BCUT2D eigenvalue weighted by Gasteiger charge is 2.32. The number of nitrogens with one attached hydrogen (secondary N) is 1. The molecule has 1 aromatic carbocycles. The number of nitrogens with zero attached hydrogens (tertiary/aromatic N) is 4. The van der Waals surface area contributed by atoms with E-state index in [2.05, 4.69) is 10.4 Å². The fourth-order valence-corrected chi connectivity index (χ4v) is 3.30. The van der Waals surface area contributed by atoms with Crippen LogP contribution in [0, 0.1) is 0 Å². The van der Waals surface area contributed by atoms with Crippen LogP contribution in [0.5, 0.6) is 0 Å². The molecule has 0 atom stereocenters. The van der Waals surface area contributed by atoms with E-state index in [1.54, 1.807) is 50.1 Å². The minimum Gasteiger partial charge on any atom is -0.444 e. The van der Waals surface area contributed by atoms with Crippen LogP contribution in [0.4, 0.5) is 23.7 Å². The first-order valence-corrected chi connectivity index (χ1v) is 9.92. The predicted octanol–water partition coefficient (Wildman–Crippen LogP) is 3.09. The predicted molar refractivity (Wildman–Crippen MR) is 109 cm³/mol. The molecule has 0 spiro atoms. The number of ether oxygens (including phenoxy) is 1. The maximum Gasteiger partial charge on any atom is 0.412 e. The van der Waals surface area contributed by atoms with Crippen molar-refractivity contribution in [3.63, 3.8) is 0 Å². The number of hydrogen-bond donors (Lipinski definition) is 1. The molecule has 31 heavy (non-hydrogen) atoms. The number of piperazine rings is 1. The van der Waals surface area contributed by atoms with Crippen LogP contribution >= 0.6 is 0 Å². The zero-order valence-electron chi connectivity index (χ0n) is 17.7. The van der Waals surface area contributed by atoms with Crippen LogP contribution in [0.25, 0.3) is 10.9 Å². The molecule has 8 nitrogen and oxygen atoms in total. The van der Waals surface area contributed by atoms with Gasteiger partial charge in [-0.1, -0.05) is 0 Å². The number of amides is 2. The molecule has 1 saturated heterocycles. The maximum atomic E-state index is 12.5. The lowest BCUT2D eigenvalue weighted by atomic mass is 10.2. The summed E-state index contributed by atoms with van der Waals surface area (Å²) in [6, 6.07) is 5.13. The van der Waals surface area contributed by atoms with E-state index in [0.717, 1.165) is 5.39 Å². The highest BCUT2D eigenvalue weighted by molar-refractivity contribution is 5.90. The van der Waals surface area contributed by atoms with E-state index in [4.69, 9.17) is 4.74 Å². The second kappa shape index (κ2) is 8.74. The van der Waals surface area contributed by atoms with Gasteiger partial charge in [0.1, 0.15) is 12.1 Å². The van der Waals surface area contributed by atoms with E-state index in [0.29, 0.717) is 11.2 Å². The fraction of sp³-hybridized carbons (Fsp3) is 0.550. The first-order valence-electron chi connectivity index (χ1n) is 9.92. The van der Waals surface area contributed by atoms with Gasteiger partial charge in [0.05, 0.1) is 12.1 Å². The number of hydrogen-bond acceptors (Lipinski definition) is 5. The molecule has 1 N–H and O–H groups in total. The van der Waals surface area contributed by atoms with Crippen molar-refractivity contribution in [3.8, 4) is 0 Å². The van der Waals surface area contributed by atoms with Crippen LogP contribution < -0.4 is 5.32 Å². The molecule has 2 aromatic rings. The van der Waals surface area contributed by atoms with Crippen molar-refractivity contribution in [2.75, 3.05) is 38.0 Å². The second-order valence-electron chi connectivity index (χ2n) is 8.50. The van der Waals surface area contributed by atoms with E-state index in [1.165, 1.54) is 9.58 Å². The molecule has 0 saturated carbocycles. The summed E-state index contributed by atoms with van der Waals surface area (Å²) in [7, 11) is 0. The summed E-state index contributed by atoms with van der Waals surface area (Å²) in [5.41, 5.74) is 0.573. The number of benzene rings is 1. The first kappa shape index (κ1) is 22.9. The van der Waals surface area contributed by atoms with Crippen LogP contribution in [0.2, 0.25) is 0 Å². The van der Waals surface area contributed by atoms with Crippen molar-refractivity contribution in [1.82, 2.24) is 19.6 Å². The molecular formula is C20H26F3N5O3. The quantitative estimate of drug-likeness (QED) is 0.789. The third kappa shape index (κ3) is 6.84. The van der Waals surface area contributed by atoms with Crippen LogP contribution in [0.3, 0.4) is 0 Å². The minimum absolute atomic E-state index is 0.0111. The molecule has 0 aliphatic carbocycles. The Labute approximate surface area is 177 Å². The number of fused-ring (bicyclic) bond motifs is 1. The number of alkyl halides is 3. The number of anilines is 1. The van der Waals surface area contributed by atoms with Crippen molar-refractivity contribution < 1.29 is 27.5 Å². The number of carbonyl (C=O) groups is 2. The molecule has 1 aromatic heterocycles. The molecule has 2 amide bonds. The van der Waals surface area contributed by atoms with Crippen molar-refractivity contribution in [3.05, 3.63) is 24.4 Å². The number of carbonyl (C=O) groups excluding carboxylic acids is 2. The summed E-state index contributed by atoms with van der Waals surface area (Å²) in [4.78, 5) is 27.3. The molecule has 11 heteroatoms. The highest BCUT2D eigenvalue weighted by Crippen LogP contribution is 2.20. The fourth-order valence-electron chi connectivity index (χ4n) is 3.30. The summed E-state index contributed by atoms with van der Waals surface area (Å²) in [6.45, 7) is 5.21. The van der Waals surface area contributed by atoms with Crippen molar-refractivity contribution >= 4 is 28.6 Å². The summed E-state index contributed by atoms with van der Waals surface area (Å²) < 4.78 is 44.2. The van der Waals surface area contributed by atoms with Crippen molar-refractivity contribution in [2.45, 2.75) is 39.1 Å². The van der Waals surface area contributed by atoms with Crippen LogP contribution in [0.1, 0.15) is 20.8 Å². The van der Waals surface area contributed by atoms with E-state index in [1.807, 2.05) is 0 Å². The van der Waals surface area contributed by atoms with E-state index in [-0.39, 0.29) is 38.6 Å². The Kier molecular flexibility index (Phi) is 6.44. The zero-order valence-corrected chi connectivity index (χ0v) is 17.7. The monoisotopic (exact) mass is 441 g/mol. The Bertz CT molecular complexity index is 944. The van der Waals surface area contributed by atoms with Crippen molar-refractivity contribution in [1.29, 1.82) is 0 Å². The van der Waals surface area contributed by atoms with E-state index < -0.39 is 24.4 Å². The third-order valence-corrected chi connectivity index (χ3v) is 4.62. The minimum atomic E-state index is -4.24. The maximum absolute atomic E-state index is 12.5. The van der Waals surface area contributed by atoms with Crippen LogP contribution in [-0.4, -0.2) is 76.1 Å². The van der Waals surface area contributed by atoms with Crippen LogP contribution in [0.15, 0.2) is 24.4 Å². The lowest BCUT2D eigenvalue weighted by Crippen LogP contribution is -2.51. The number of rotatable bonds is 4. The topological polar surface area (TPSA) is 79.7 Å². The Hall–Kier alpha value is -2.82. The molecule has 1 fully saturated rings. The molecular weight excluding hydrogens is 415 g/mol. The molecule has 0 unspecified atom stereocenters. The van der Waals surface area contributed by atoms with Crippen molar-refractivity contribution in [2.24, 2.45) is 0 Å². The van der Waals surface area contributed by atoms with E-state index >= 15 is 0 Å². The summed E-state index contributed by atoms with van der Waals surface area (Å²) in [6.07, 6.45) is -3.12. The Morgan fingerprint density at radius 3 is 2.42 bits per heavy atom. The Morgan fingerprint density at radius 1 is 1.13 bits per heavy atom. The molecule has 2 heterocycles. The molecule has 1 aliphatic heterocycles. The van der Waals surface area contributed by atoms with Gasteiger partial charge in [-0.05, 0) is 39.0 Å². The second-order valence-corrected chi connectivity index (χ2v) is 8.50. The van der Waals surface area contributed by atoms with Gasteiger partial charge in [-0.2, -0.15) is 18.3 Å². The largest absolute Gasteiger partial charge is 0.444 e. The van der Waals surface area contributed by atoms with Gasteiger partial charge in [-0.3, -0.25) is 19.7 Å². The number of halogens is 3. The molecule has 0 bridgehead atoms. The third-order valence-electron chi connectivity index (χ3n) is 4.62. The molecule has 3 rings (SSSR count). The Balaban J connectivity index is 1.57. The average molecular weight is 441 g/mol. The van der Waals surface area contributed by atoms with Gasteiger partial charge < -0.3 is 9.64 Å². The highest BCUT2D eigenvalue weighted by atomic mass is 19.4. The normalized spacial score (nSPS) is 15.9. The van der Waals surface area contributed by atoms with Gasteiger partial charge in [0.25, 0.3) is 0 Å². The summed E-state index contributed by atoms with van der Waals surface area (Å²) in [5.74, 6) is -0.202. The van der Waals surface area contributed by atoms with Gasteiger partial charge in [0, 0.05) is 43.4 Å². The molecule has 1 aliphatic rings. The Morgan fingerprint density at radius 2 is 1.81 bits per heavy atom. The summed E-state index contributed by atoms with van der Waals surface area (Å²) >= 11 is 0.